The normalized spacial score (nSPS) is 21.1. The van der Waals surface area contributed by atoms with Crippen LogP contribution in [0.5, 0.6) is 0 Å². The Bertz CT molecular complexity index is 356. The van der Waals surface area contributed by atoms with Gasteiger partial charge >= 0.3 is 0 Å². The summed E-state index contributed by atoms with van der Waals surface area (Å²) in [7, 11) is 2.24. The van der Waals surface area contributed by atoms with Gasteiger partial charge in [0.2, 0.25) is 0 Å². The van der Waals surface area contributed by atoms with E-state index in [-0.39, 0.29) is 6.04 Å². The summed E-state index contributed by atoms with van der Waals surface area (Å²) in [6.07, 6.45) is 11.9. The van der Waals surface area contributed by atoms with Crippen molar-refractivity contribution in [2.45, 2.75) is 63.6 Å². The van der Waals surface area contributed by atoms with E-state index in [4.69, 9.17) is 5.73 Å². The van der Waals surface area contributed by atoms with E-state index < -0.39 is 0 Å². The van der Waals surface area contributed by atoms with Crippen LogP contribution in [0.4, 0.5) is 0 Å². The number of nitrogens with two attached hydrogens (primary N) is 1. The minimum absolute atomic E-state index is 0.135. The smallest absolute Gasteiger partial charge is 0.0497 e. The van der Waals surface area contributed by atoms with Gasteiger partial charge in [-0.05, 0) is 44.5 Å². The summed E-state index contributed by atoms with van der Waals surface area (Å²) in [6, 6.07) is 5.30. The maximum Gasteiger partial charge on any atom is 0.0497 e. The molecule has 1 aliphatic rings. The second kappa shape index (κ2) is 7.01. The molecule has 106 valence electrons. The average Bonchev–Trinajstić information content (AvgIpc) is 2.68. The molecule has 1 aromatic rings. The molecule has 2 atom stereocenters. The molecule has 2 N–H and O–H groups in total. The monoisotopic (exact) mass is 261 g/mol. The van der Waals surface area contributed by atoms with Crippen LogP contribution in [0.25, 0.3) is 0 Å². The number of hydrogen-bond acceptors (Lipinski definition) is 3. The van der Waals surface area contributed by atoms with Crippen molar-refractivity contribution in [3.63, 3.8) is 0 Å². The predicted octanol–water partition coefficient (Wildman–Crippen LogP) is 3.12. The Hall–Kier alpha value is -0.930. The molecule has 2 rings (SSSR count). The zero-order valence-electron chi connectivity index (χ0n) is 12.3. The first-order valence-corrected chi connectivity index (χ1v) is 7.57. The first-order chi connectivity index (χ1) is 9.20. The van der Waals surface area contributed by atoms with Crippen LogP contribution in [0.15, 0.2) is 24.5 Å². The van der Waals surface area contributed by atoms with Crippen molar-refractivity contribution in [1.29, 1.82) is 0 Å². The number of hydrogen-bond donors (Lipinski definition) is 1. The van der Waals surface area contributed by atoms with Gasteiger partial charge in [-0.25, -0.2) is 0 Å². The molecule has 3 heteroatoms. The Morgan fingerprint density at radius 3 is 2.26 bits per heavy atom. The van der Waals surface area contributed by atoms with Crippen LogP contribution in [0.3, 0.4) is 0 Å². The maximum atomic E-state index is 6.25. The highest BCUT2D eigenvalue weighted by Gasteiger charge is 2.27. The summed E-state index contributed by atoms with van der Waals surface area (Å²) < 4.78 is 0. The van der Waals surface area contributed by atoms with E-state index >= 15 is 0 Å². The zero-order chi connectivity index (χ0) is 13.7. The van der Waals surface area contributed by atoms with Crippen molar-refractivity contribution < 1.29 is 0 Å². The number of nitrogens with zero attached hydrogens (tertiary/aromatic N) is 2. The Kier molecular flexibility index (Phi) is 5.34. The zero-order valence-corrected chi connectivity index (χ0v) is 12.3. The van der Waals surface area contributed by atoms with Gasteiger partial charge in [0.25, 0.3) is 0 Å². The Balaban J connectivity index is 2.14. The Morgan fingerprint density at radius 1 is 1.16 bits per heavy atom. The van der Waals surface area contributed by atoms with Crippen LogP contribution in [0.2, 0.25) is 0 Å². The summed E-state index contributed by atoms with van der Waals surface area (Å²) >= 11 is 0. The second-order valence-electron chi connectivity index (χ2n) is 5.90. The fourth-order valence-electron chi connectivity index (χ4n) is 3.36. The molecule has 1 saturated carbocycles. The molecule has 0 saturated heterocycles. The van der Waals surface area contributed by atoms with Crippen molar-refractivity contribution in [1.82, 2.24) is 9.88 Å². The van der Waals surface area contributed by atoms with Crippen LogP contribution in [0.1, 0.15) is 57.1 Å². The SMILES string of the molecule is CC(N)C(c1ccncc1)N(C)C1CCCCCC1. The molecule has 0 amide bonds. The van der Waals surface area contributed by atoms with E-state index in [1.54, 1.807) is 0 Å². The van der Waals surface area contributed by atoms with Crippen molar-refractivity contribution in [3.8, 4) is 0 Å². The highest BCUT2D eigenvalue weighted by molar-refractivity contribution is 5.17. The van der Waals surface area contributed by atoms with Gasteiger partial charge in [-0.15, -0.1) is 0 Å². The molecule has 2 unspecified atom stereocenters. The van der Waals surface area contributed by atoms with E-state index in [9.17, 15) is 0 Å². The summed E-state index contributed by atoms with van der Waals surface area (Å²) in [6.45, 7) is 2.11. The quantitative estimate of drug-likeness (QED) is 0.847. The molecule has 0 aliphatic heterocycles. The molecule has 0 aromatic carbocycles. The molecule has 1 heterocycles. The molecule has 0 bridgehead atoms. The van der Waals surface area contributed by atoms with Gasteiger partial charge in [0, 0.05) is 30.5 Å². The first kappa shape index (κ1) is 14.5. The number of likely N-dealkylation sites (N-methyl/N-ethyl adjacent to an activating group) is 1. The van der Waals surface area contributed by atoms with Gasteiger partial charge in [-0.1, -0.05) is 25.7 Å². The number of rotatable bonds is 4. The minimum Gasteiger partial charge on any atom is -0.326 e. The van der Waals surface area contributed by atoms with E-state index in [0.29, 0.717) is 12.1 Å². The number of pyridine rings is 1. The Morgan fingerprint density at radius 2 is 1.74 bits per heavy atom. The molecule has 19 heavy (non-hydrogen) atoms. The average molecular weight is 261 g/mol. The van der Waals surface area contributed by atoms with E-state index in [1.165, 1.54) is 44.1 Å². The summed E-state index contributed by atoms with van der Waals surface area (Å²) in [5, 5.41) is 0. The molecule has 1 aliphatic carbocycles. The van der Waals surface area contributed by atoms with Gasteiger partial charge in [-0.2, -0.15) is 0 Å². The molecule has 0 spiro atoms. The number of aromatic nitrogens is 1. The second-order valence-corrected chi connectivity index (χ2v) is 5.90. The van der Waals surface area contributed by atoms with Gasteiger partial charge in [0.05, 0.1) is 0 Å². The van der Waals surface area contributed by atoms with Gasteiger partial charge < -0.3 is 5.73 Å². The van der Waals surface area contributed by atoms with Crippen molar-refractivity contribution in [3.05, 3.63) is 30.1 Å². The maximum absolute atomic E-state index is 6.25. The lowest BCUT2D eigenvalue weighted by molar-refractivity contribution is 0.141. The summed E-state index contributed by atoms with van der Waals surface area (Å²) in [4.78, 5) is 6.62. The van der Waals surface area contributed by atoms with Crippen LogP contribution in [0, 0.1) is 0 Å². The summed E-state index contributed by atoms with van der Waals surface area (Å²) in [5.74, 6) is 0. The fourth-order valence-corrected chi connectivity index (χ4v) is 3.36. The lowest BCUT2D eigenvalue weighted by Crippen LogP contribution is -2.42. The highest BCUT2D eigenvalue weighted by atomic mass is 15.2. The lowest BCUT2D eigenvalue weighted by Gasteiger charge is -2.37. The van der Waals surface area contributed by atoms with Crippen molar-refractivity contribution in [2.24, 2.45) is 5.73 Å². The minimum atomic E-state index is 0.135. The molecule has 0 radical (unpaired) electrons. The summed E-state index contributed by atoms with van der Waals surface area (Å²) in [5.41, 5.74) is 7.54. The van der Waals surface area contributed by atoms with E-state index in [1.807, 2.05) is 12.4 Å². The van der Waals surface area contributed by atoms with Crippen LogP contribution < -0.4 is 5.73 Å². The topological polar surface area (TPSA) is 42.1 Å². The van der Waals surface area contributed by atoms with E-state index in [0.717, 1.165) is 0 Å². The first-order valence-electron chi connectivity index (χ1n) is 7.57. The van der Waals surface area contributed by atoms with Gasteiger partial charge in [-0.3, -0.25) is 9.88 Å². The third kappa shape index (κ3) is 3.77. The predicted molar refractivity (Wildman–Crippen MR) is 79.9 cm³/mol. The molecule has 1 fully saturated rings. The third-order valence-electron chi connectivity index (χ3n) is 4.39. The molecule has 3 nitrogen and oxygen atoms in total. The standard InChI is InChI=1S/C16H27N3/c1-13(17)16(14-9-11-18-12-10-14)19(2)15-7-5-3-4-6-8-15/h9-13,15-16H,3-8,17H2,1-2H3. The fraction of sp³-hybridized carbons (Fsp3) is 0.688. The largest absolute Gasteiger partial charge is 0.326 e. The molecular weight excluding hydrogens is 234 g/mol. The van der Waals surface area contributed by atoms with Crippen molar-refractivity contribution in [2.75, 3.05) is 7.05 Å². The van der Waals surface area contributed by atoms with Crippen LogP contribution >= 0.6 is 0 Å². The van der Waals surface area contributed by atoms with Crippen molar-refractivity contribution >= 4 is 0 Å². The Labute approximate surface area is 117 Å². The van der Waals surface area contributed by atoms with Crippen LogP contribution in [-0.4, -0.2) is 29.0 Å². The highest BCUT2D eigenvalue weighted by Crippen LogP contribution is 2.29. The molecule has 1 aromatic heterocycles. The van der Waals surface area contributed by atoms with E-state index in [2.05, 4.69) is 36.0 Å². The van der Waals surface area contributed by atoms with Gasteiger partial charge in [0.15, 0.2) is 0 Å². The third-order valence-corrected chi connectivity index (χ3v) is 4.39. The lowest BCUT2D eigenvalue weighted by atomic mass is 9.97. The molecular formula is C16H27N3. The van der Waals surface area contributed by atoms with Gasteiger partial charge in [0.1, 0.15) is 0 Å². The van der Waals surface area contributed by atoms with Crippen LogP contribution in [-0.2, 0) is 0 Å².